The maximum atomic E-state index is 12.2. The van der Waals surface area contributed by atoms with Gasteiger partial charge in [0.05, 0.1) is 6.20 Å². The molecule has 8 heteroatoms. The molecule has 84 valence electrons. The third-order valence-corrected chi connectivity index (χ3v) is 1.57. The number of hydrogen-bond donors (Lipinski definition) is 0. The smallest absolute Gasteiger partial charge is 0.237 e. The van der Waals surface area contributed by atoms with Gasteiger partial charge in [0.1, 0.15) is 0 Å². The third-order valence-electron chi connectivity index (χ3n) is 1.57. The van der Waals surface area contributed by atoms with Crippen LogP contribution in [-0.4, -0.2) is 14.8 Å². The highest BCUT2D eigenvalue weighted by Crippen LogP contribution is 2.24. The van der Waals surface area contributed by atoms with Gasteiger partial charge in [-0.15, -0.1) is 38.0 Å². The van der Waals surface area contributed by atoms with Crippen LogP contribution in [0.15, 0.2) is 24.5 Å². The van der Waals surface area contributed by atoms with Gasteiger partial charge in [-0.3, -0.25) is 0 Å². The van der Waals surface area contributed by atoms with E-state index in [1.54, 1.807) is 6.07 Å². The largest absolute Gasteiger partial charge is 0.506 e. The first-order chi connectivity index (χ1) is 6.09. The zero-order valence-electron chi connectivity index (χ0n) is 7.10. The number of nitrogens with zero attached hydrogens (tertiary/aromatic N) is 3. The van der Waals surface area contributed by atoms with Gasteiger partial charge in [-0.05, 0) is 12.1 Å². The molecule has 0 unspecified atom stereocenters. The molecule has 0 fully saturated rings. The Morgan fingerprint density at radius 1 is 1.20 bits per heavy atom. The van der Waals surface area contributed by atoms with Crippen molar-refractivity contribution in [2.75, 3.05) is 0 Å². The summed E-state index contributed by atoms with van der Waals surface area (Å²) in [5.74, 6) is 0. The van der Waals surface area contributed by atoms with E-state index in [0.29, 0.717) is 5.39 Å². The Bertz CT molecular complexity index is 440. The van der Waals surface area contributed by atoms with Crippen LogP contribution in [0, 0.1) is 0 Å². The van der Waals surface area contributed by atoms with Crippen molar-refractivity contribution < 1.29 is 13.2 Å². The number of alkyl halides is 3. The Morgan fingerprint density at radius 3 is 2.47 bits per heavy atom. The number of hydrogen-bond acceptors (Lipinski definition) is 2. The molecule has 0 aromatic carbocycles. The van der Waals surface area contributed by atoms with E-state index in [2.05, 4.69) is 10.1 Å². The van der Waals surface area contributed by atoms with Crippen LogP contribution in [0.25, 0.3) is 11.0 Å². The molecule has 0 spiro atoms. The maximum absolute atomic E-state index is 12.2. The van der Waals surface area contributed by atoms with Gasteiger partial charge in [0.2, 0.25) is 0 Å². The molecular formula is C7H6Cl2F3N3. The molecule has 2 rings (SSSR count). The summed E-state index contributed by atoms with van der Waals surface area (Å²) in [5.41, 5.74) is -0.171. The van der Waals surface area contributed by atoms with E-state index in [1.165, 1.54) is 12.3 Å². The van der Waals surface area contributed by atoms with Gasteiger partial charge in [-0.25, -0.2) is 4.98 Å². The van der Waals surface area contributed by atoms with E-state index < -0.39 is 6.30 Å². The SMILES string of the molecule is Cl.Cl.FC(F)(F)n1ncc2cccnc21. The lowest BCUT2D eigenvalue weighted by atomic mass is 10.4. The van der Waals surface area contributed by atoms with Crippen LogP contribution in [0.4, 0.5) is 13.2 Å². The first kappa shape index (κ1) is 14.0. The Labute approximate surface area is 95.1 Å². The minimum Gasteiger partial charge on any atom is -0.237 e. The van der Waals surface area contributed by atoms with Crippen molar-refractivity contribution in [3.8, 4) is 0 Å². The van der Waals surface area contributed by atoms with Crippen molar-refractivity contribution in [2.24, 2.45) is 0 Å². The molecule has 0 aliphatic rings. The van der Waals surface area contributed by atoms with E-state index in [4.69, 9.17) is 0 Å². The quantitative estimate of drug-likeness (QED) is 0.729. The lowest BCUT2D eigenvalue weighted by Gasteiger charge is -2.05. The number of fused-ring (bicyclic) bond motifs is 1. The minimum atomic E-state index is -4.50. The second-order valence-corrected chi connectivity index (χ2v) is 2.44. The Balaban J connectivity index is 0.000000980. The molecule has 15 heavy (non-hydrogen) atoms. The fraction of sp³-hybridized carbons (Fsp3) is 0.143. The van der Waals surface area contributed by atoms with Crippen LogP contribution in [0.2, 0.25) is 0 Å². The summed E-state index contributed by atoms with van der Waals surface area (Å²) in [7, 11) is 0. The van der Waals surface area contributed by atoms with Gasteiger partial charge >= 0.3 is 6.30 Å². The van der Waals surface area contributed by atoms with E-state index >= 15 is 0 Å². The third kappa shape index (κ3) is 2.51. The van der Waals surface area contributed by atoms with Gasteiger partial charge < -0.3 is 0 Å². The van der Waals surface area contributed by atoms with Crippen LogP contribution >= 0.6 is 24.8 Å². The zero-order valence-corrected chi connectivity index (χ0v) is 8.73. The highest BCUT2D eigenvalue weighted by atomic mass is 35.5. The molecule has 0 aliphatic carbocycles. The summed E-state index contributed by atoms with van der Waals surface area (Å²) in [6, 6.07) is 3.09. The molecule has 2 heterocycles. The lowest BCUT2D eigenvalue weighted by Crippen LogP contribution is -2.18. The lowest BCUT2D eigenvalue weighted by molar-refractivity contribution is -0.209. The Morgan fingerprint density at radius 2 is 1.87 bits per heavy atom. The van der Waals surface area contributed by atoms with Gasteiger partial charge in [0, 0.05) is 11.6 Å². The second kappa shape index (κ2) is 4.67. The Hall–Kier alpha value is -1.01. The molecule has 0 amide bonds. The number of rotatable bonds is 0. The van der Waals surface area contributed by atoms with Gasteiger partial charge in [-0.2, -0.15) is 9.78 Å². The van der Waals surface area contributed by atoms with E-state index in [1.807, 2.05) is 0 Å². The highest BCUT2D eigenvalue weighted by molar-refractivity contribution is 5.85. The molecule has 0 atom stereocenters. The first-order valence-electron chi connectivity index (χ1n) is 3.45. The predicted octanol–water partition coefficient (Wildman–Crippen LogP) is 2.75. The fourth-order valence-corrected chi connectivity index (χ4v) is 1.05. The van der Waals surface area contributed by atoms with E-state index in [-0.39, 0.29) is 35.1 Å². The van der Waals surface area contributed by atoms with Crippen LogP contribution in [0.5, 0.6) is 0 Å². The van der Waals surface area contributed by atoms with Crippen LogP contribution in [0.1, 0.15) is 0 Å². The van der Waals surface area contributed by atoms with Gasteiger partial charge in [-0.1, -0.05) is 0 Å². The summed E-state index contributed by atoms with van der Waals surface area (Å²) in [6.07, 6.45) is -2.07. The highest BCUT2D eigenvalue weighted by Gasteiger charge is 2.33. The second-order valence-electron chi connectivity index (χ2n) is 2.44. The summed E-state index contributed by atoms with van der Waals surface area (Å²) in [5, 5.41) is 3.57. The molecule has 0 saturated heterocycles. The number of aromatic nitrogens is 3. The summed E-state index contributed by atoms with van der Waals surface area (Å²) in [6.45, 7) is 0. The topological polar surface area (TPSA) is 30.7 Å². The van der Waals surface area contributed by atoms with Crippen LogP contribution in [-0.2, 0) is 6.30 Å². The summed E-state index contributed by atoms with van der Waals surface area (Å²) < 4.78 is 36.6. The molecule has 0 radical (unpaired) electrons. The van der Waals surface area contributed by atoms with E-state index in [0.717, 1.165) is 6.20 Å². The average molecular weight is 260 g/mol. The van der Waals surface area contributed by atoms with Crippen molar-refractivity contribution in [1.29, 1.82) is 0 Å². The van der Waals surface area contributed by atoms with Crippen molar-refractivity contribution in [3.05, 3.63) is 24.5 Å². The summed E-state index contributed by atoms with van der Waals surface area (Å²) in [4.78, 5) is 3.59. The molecular weight excluding hydrogens is 254 g/mol. The van der Waals surface area contributed by atoms with Crippen molar-refractivity contribution in [1.82, 2.24) is 14.8 Å². The average Bonchev–Trinajstić information content (AvgIpc) is 2.45. The molecule has 2 aromatic rings. The molecule has 2 aromatic heterocycles. The maximum Gasteiger partial charge on any atom is 0.506 e. The molecule has 0 aliphatic heterocycles. The first-order valence-corrected chi connectivity index (χ1v) is 3.45. The fourth-order valence-electron chi connectivity index (χ4n) is 1.05. The van der Waals surface area contributed by atoms with Gasteiger partial charge in [0.25, 0.3) is 0 Å². The zero-order chi connectivity index (χ0) is 9.47. The van der Waals surface area contributed by atoms with Gasteiger partial charge in [0.15, 0.2) is 5.65 Å². The molecule has 3 nitrogen and oxygen atoms in total. The number of pyridine rings is 1. The predicted molar refractivity (Wildman–Crippen MR) is 53.3 cm³/mol. The standard InChI is InChI=1S/C7H4F3N3.2ClH/c8-7(9,10)13-6-5(4-12-13)2-1-3-11-6;;/h1-4H;2*1H. The normalized spacial score (nSPS) is 10.6. The van der Waals surface area contributed by atoms with Crippen molar-refractivity contribution >= 4 is 35.8 Å². The molecule has 0 bridgehead atoms. The van der Waals surface area contributed by atoms with E-state index in [9.17, 15) is 13.2 Å². The van der Waals surface area contributed by atoms with Crippen molar-refractivity contribution in [3.63, 3.8) is 0 Å². The summed E-state index contributed by atoms with van der Waals surface area (Å²) >= 11 is 0. The minimum absolute atomic E-state index is 0. The number of halogens is 5. The van der Waals surface area contributed by atoms with Crippen molar-refractivity contribution in [2.45, 2.75) is 6.30 Å². The molecule has 0 saturated carbocycles. The monoisotopic (exact) mass is 259 g/mol. The molecule has 0 N–H and O–H groups in total. The van der Waals surface area contributed by atoms with Crippen LogP contribution < -0.4 is 0 Å². The Kier molecular flexibility index (Phi) is 4.36. The van der Waals surface area contributed by atoms with Crippen LogP contribution in [0.3, 0.4) is 0 Å².